The SMILES string of the molecule is CCCc1c(CCC)c(CCC)c2cc(C#N)ccc2c1CCC. The van der Waals surface area contributed by atoms with Crippen molar-refractivity contribution < 1.29 is 0 Å². The number of nitriles is 1. The summed E-state index contributed by atoms with van der Waals surface area (Å²) < 4.78 is 0. The highest BCUT2D eigenvalue weighted by molar-refractivity contribution is 5.92. The maximum Gasteiger partial charge on any atom is 0.0991 e. The minimum absolute atomic E-state index is 0.785. The van der Waals surface area contributed by atoms with E-state index in [1.165, 1.54) is 42.0 Å². The predicted octanol–water partition coefficient (Wildman–Crippen LogP) is 6.52. The van der Waals surface area contributed by atoms with Gasteiger partial charge in [-0.2, -0.15) is 5.26 Å². The topological polar surface area (TPSA) is 23.8 Å². The monoisotopic (exact) mass is 321 g/mol. The van der Waals surface area contributed by atoms with Gasteiger partial charge in [0, 0.05) is 0 Å². The van der Waals surface area contributed by atoms with Gasteiger partial charge in [-0.3, -0.25) is 0 Å². The lowest BCUT2D eigenvalue weighted by Crippen LogP contribution is -2.07. The zero-order chi connectivity index (χ0) is 17.5. The normalized spacial score (nSPS) is 11.0. The van der Waals surface area contributed by atoms with Crippen LogP contribution in [0.4, 0.5) is 0 Å². The minimum atomic E-state index is 0.785. The molecule has 0 saturated carbocycles. The molecule has 0 radical (unpaired) electrons. The first-order valence-electron chi connectivity index (χ1n) is 9.70. The summed E-state index contributed by atoms with van der Waals surface area (Å²) in [7, 11) is 0. The molecule has 2 aromatic carbocycles. The standard InChI is InChI=1S/C23H31N/c1-5-9-18-19(10-6-2)21(12-8-4)23-15-17(16-24)13-14-22(23)20(18)11-7-3/h13-15H,5-12H2,1-4H3. The van der Waals surface area contributed by atoms with Crippen LogP contribution in [0.15, 0.2) is 18.2 Å². The number of aryl methyl sites for hydroxylation is 2. The van der Waals surface area contributed by atoms with Gasteiger partial charge in [0.25, 0.3) is 0 Å². The molecule has 0 heterocycles. The Kier molecular flexibility index (Phi) is 6.85. The van der Waals surface area contributed by atoms with Crippen molar-refractivity contribution in [3.05, 3.63) is 46.0 Å². The molecule has 2 rings (SSSR count). The van der Waals surface area contributed by atoms with Crippen molar-refractivity contribution in [1.29, 1.82) is 5.26 Å². The van der Waals surface area contributed by atoms with Crippen LogP contribution in [0, 0.1) is 11.3 Å². The Morgan fingerprint density at radius 1 is 0.667 bits per heavy atom. The Morgan fingerprint density at radius 2 is 1.12 bits per heavy atom. The highest BCUT2D eigenvalue weighted by Gasteiger charge is 2.18. The fourth-order valence-electron chi connectivity index (χ4n) is 3.99. The molecule has 0 atom stereocenters. The number of rotatable bonds is 8. The molecule has 0 aliphatic rings. The van der Waals surface area contributed by atoms with Crippen LogP contribution >= 0.6 is 0 Å². The summed E-state index contributed by atoms with van der Waals surface area (Å²) in [5, 5.41) is 12.1. The van der Waals surface area contributed by atoms with Gasteiger partial charge in [0.15, 0.2) is 0 Å². The summed E-state index contributed by atoms with van der Waals surface area (Å²) >= 11 is 0. The molecule has 0 bridgehead atoms. The molecule has 24 heavy (non-hydrogen) atoms. The third-order valence-corrected chi connectivity index (χ3v) is 4.89. The number of hydrogen-bond donors (Lipinski definition) is 0. The molecule has 0 N–H and O–H groups in total. The van der Waals surface area contributed by atoms with E-state index in [-0.39, 0.29) is 0 Å². The zero-order valence-corrected chi connectivity index (χ0v) is 15.8. The molecular formula is C23H31N. The van der Waals surface area contributed by atoms with Crippen molar-refractivity contribution in [3.63, 3.8) is 0 Å². The summed E-state index contributed by atoms with van der Waals surface area (Å²) in [6, 6.07) is 8.66. The lowest BCUT2D eigenvalue weighted by atomic mass is 9.82. The van der Waals surface area contributed by atoms with Gasteiger partial charge >= 0.3 is 0 Å². The van der Waals surface area contributed by atoms with Crippen LogP contribution in [0.5, 0.6) is 0 Å². The van der Waals surface area contributed by atoms with Crippen molar-refractivity contribution in [2.45, 2.75) is 79.1 Å². The summed E-state index contributed by atoms with van der Waals surface area (Å²) in [4.78, 5) is 0. The smallest absolute Gasteiger partial charge is 0.0991 e. The van der Waals surface area contributed by atoms with Crippen LogP contribution in [0.1, 0.15) is 81.2 Å². The summed E-state index contributed by atoms with van der Waals surface area (Å²) in [5.74, 6) is 0. The Morgan fingerprint density at radius 3 is 1.58 bits per heavy atom. The quantitative estimate of drug-likeness (QED) is 0.543. The average Bonchev–Trinajstić information content (AvgIpc) is 2.60. The van der Waals surface area contributed by atoms with Gasteiger partial charge in [-0.1, -0.05) is 59.4 Å². The maximum absolute atomic E-state index is 9.35. The molecule has 0 aromatic heterocycles. The predicted molar refractivity (Wildman–Crippen MR) is 105 cm³/mol. The Hall–Kier alpha value is -1.81. The Balaban J connectivity index is 2.90. The first-order valence-corrected chi connectivity index (χ1v) is 9.70. The summed E-state index contributed by atoms with van der Waals surface area (Å²) in [5.41, 5.74) is 7.04. The van der Waals surface area contributed by atoms with Gasteiger partial charge in [-0.15, -0.1) is 0 Å². The molecular weight excluding hydrogens is 290 g/mol. The molecule has 0 unspecified atom stereocenters. The second-order valence-corrected chi connectivity index (χ2v) is 6.79. The summed E-state index contributed by atoms with van der Waals surface area (Å²) in [6.07, 6.45) is 9.30. The second-order valence-electron chi connectivity index (χ2n) is 6.79. The van der Waals surface area contributed by atoms with E-state index < -0.39 is 0 Å². The third-order valence-electron chi connectivity index (χ3n) is 4.89. The lowest BCUT2D eigenvalue weighted by Gasteiger charge is -2.22. The molecule has 128 valence electrons. The van der Waals surface area contributed by atoms with Crippen LogP contribution in [0.2, 0.25) is 0 Å². The van der Waals surface area contributed by atoms with Crippen molar-refractivity contribution in [3.8, 4) is 6.07 Å². The lowest BCUT2D eigenvalue weighted by molar-refractivity contribution is 0.810. The fraction of sp³-hybridized carbons (Fsp3) is 0.522. The molecule has 1 heteroatoms. The minimum Gasteiger partial charge on any atom is -0.192 e. The van der Waals surface area contributed by atoms with Gasteiger partial charge in [0.2, 0.25) is 0 Å². The number of hydrogen-bond acceptors (Lipinski definition) is 1. The van der Waals surface area contributed by atoms with E-state index in [1.807, 2.05) is 6.07 Å². The van der Waals surface area contributed by atoms with Crippen LogP contribution in [-0.2, 0) is 25.7 Å². The van der Waals surface area contributed by atoms with E-state index in [1.54, 1.807) is 16.7 Å². The average molecular weight is 322 g/mol. The van der Waals surface area contributed by atoms with Crippen LogP contribution < -0.4 is 0 Å². The van der Waals surface area contributed by atoms with E-state index in [4.69, 9.17) is 0 Å². The van der Waals surface area contributed by atoms with Crippen molar-refractivity contribution in [2.24, 2.45) is 0 Å². The van der Waals surface area contributed by atoms with Gasteiger partial charge in [-0.25, -0.2) is 0 Å². The highest BCUT2D eigenvalue weighted by Crippen LogP contribution is 2.35. The second kappa shape index (κ2) is 8.88. The van der Waals surface area contributed by atoms with Gasteiger partial charge in [0.1, 0.15) is 0 Å². The van der Waals surface area contributed by atoms with Crippen LogP contribution in [0.25, 0.3) is 10.8 Å². The van der Waals surface area contributed by atoms with Crippen LogP contribution in [0.3, 0.4) is 0 Å². The van der Waals surface area contributed by atoms with Gasteiger partial charge in [0.05, 0.1) is 11.6 Å². The fourth-order valence-corrected chi connectivity index (χ4v) is 3.99. The number of fused-ring (bicyclic) bond motifs is 1. The third kappa shape index (κ3) is 3.64. The van der Waals surface area contributed by atoms with Crippen molar-refractivity contribution >= 4 is 10.8 Å². The van der Waals surface area contributed by atoms with E-state index in [9.17, 15) is 5.26 Å². The highest BCUT2D eigenvalue weighted by atomic mass is 14.3. The summed E-state index contributed by atoms with van der Waals surface area (Å²) in [6.45, 7) is 9.09. The molecule has 0 spiro atoms. The molecule has 2 aromatic rings. The van der Waals surface area contributed by atoms with Crippen molar-refractivity contribution in [2.75, 3.05) is 0 Å². The Bertz CT molecular complexity index is 734. The van der Waals surface area contributed by atoms with E-state index in [2.05, 4.69) is 45.9 Å². The molecule has 0 aliphatic heterocycles. The van der Waals surface area contributed by atoms with Crippen LogP contribution in [-0.4, -0.2) is 0 Å². The van der Waals surface area contributed by atoms with E-state index in [0.29, 0.717) is 0 Å². The molecule has 0 aliphatic carbocycles. The first kappa shape index (κ1) is 18.5. The maximum atomic E-state index is 9.35. The van der Waals surface area contributed by atoms with E-state index >= 15 is 0 Å². The van der Waals surface area contributed by atoms with Gasteiger partial charge in [-0.05, 0) is 70.8 Å². The molecule has 0 saturated heterocycles. The number of benzene rings is 2. The largest absolute Gasteiger partial charge is 0.192 e. The number of nitrogens with zero attached hydrogens (tertiary/aromatic N) is 1. The van der Waals surface area contributed by atoms with Gasteiger partial charge < -0.3 is 0 Å². The Labute approximate surface area is 147 Å². The van der Waals surface area contributed by atoms with E-state index in [0.717, 1.165) is 31.2 Å². The van der Waals surface area contributed by atoms with Crippen molar-refractivity contribution in [1.82, 2.24) is 0 Å². The molecule has 0 fully saturated rings. The first-order chi connectivity index (χ1) is 11.7. The molecule has 1 nitrogen and oxygen atoms in total. The molecule has 0 amide bonds. The zero-order valence-electron chi connectivity index (χ0n) is 15.8.